The molecule has 0 bridgehead atoms. The molecular formula is C21H22N4O2. The van der Waals surface area contributed by atoms with Gasteiger partial charge in [0, 0.05) is 49.0 Å². The summed E-state index contributed by atoms with van der Waals surface area (Å²) in [5, 5.41) is 3.76. The summed E-state index contributed by atoms with van der Waals surface area (Å²) in [4.78, 5) is 34.2. The summed E-state index contributed by atoms with van der Waals surface area (Å²) in [5.74, 6) is -0.0825. The number of aromatic amines is 1. The number of amides is 2. The minimum Gasteiger partial charge on any atom is -0.360 e. The lowest BCUT2D eigenvalue weighted by Crippen LogP contribution is -2.34. The normalized spacial score (nSPS) is 16.6. The molecule has 4 rings (SSSR count). The fraction of sp³-hybridized carbons (Fsp3) is 0.286. The second-order valence-electron chi connectivity index (χ2n) is 6.78. The van der Waals surface area contributed by atoms with Gasteiger partial charge in [-0.05, 0) is 36.6 Å². The zero-order valence-electron chi connectivity index (χ0n) is 15.0. The monoisotopic (exact) mass is 362 g/mol. The Hall–Kier alpha value is -3.15. The molecule has 1 aliphatic rings. The van der Waals surface area contributed by atoms with Crippen LogP contribution in [0.5, 0.6) is 0 Å². The summed E-state index contributed by atoms with van der Waals surface area (Å²) < 4.78 is 0. The van der Waals surface area contributed by atoms with Crippen LogP contribution in [0.25, 0.3) is 10.9 Å². The van der Waals surface area contributed by atoms with E-state index in [1.807, 2.05) is 41.3 Å². The Morgan fingerprint density at radius 3 is 2.85 bits per heavy atom. The Balaban J connectivity index is 1.35. The molecule has 1 aliphatic heterocycles. The number of nitrogens with one attached hydrogen (secondary N) is 2. The molecule has 3 aromatic rings. The molecule has 1 unspecified atom stereocenters. The zero-order valence-corrected chi connectivity index (χ0v) is 15.0. The van der Waals surface area contributed by atoms with Gasteiger partial charge in [-0.1, -0.05) is 18.2 Å². The van der Waals surface area contributed by atoms with Gasteiger partial charge in [0.15, 0.2) is 0 Å². The molecule has 1 fully saturated rings. The quantitative estimate of drug-likeness (QED) is 0.732. The lowest BCUT2D eigenvalue weighted by Gasteiger charge is -2.25. The first kappa shape index (κ1) is 17.3. The van der Waals surface area contributed by atoms with Gasteiger partial charge in [-0.25, -0.2) is 0 Å². The second-order valence-corrected chi connectivity index (χ2v) is 6.78. The van der Waals surface area contributed by atoms with Crippen molar-refractivity contribution in [3.8, 4) is 0 Å². The Morgan fingerprint density at radius 2 is 2.00 bits per heavy atom. The highest BCUT2D eigenvalue weighted by atomic mass is 16.2. The van der Waals surface area contributed by atoms with Crippen LogP contribution in [0.15, 0.2) is 55.0 Å². The molecule has 6 heteroatoms. The van der Waals surface area contributed by atoms with Crippen LogP contribution in [-0.2, 0) is 4.79 Å². The van der Waals surface area contributed by atoms with Crippen LogP contribution in [0, 0.1) is 0 Å². The summed E-state index contributed by atoms with van der Waals surface area (Å²) in [5.41, 5.74) is 2.66. The molecule has 2 aromatic heterocycles. The molecule has 27 heavy (non-hydrogen) atoms. The standard InChI is InChI=1S/C21H22N4O2/c26-20(25-13-3-6-19(25)15-7-10-22-11-8-15)9-12-23-21(27)17-14-24-18-5-2-1-4-16(17)18/h1-2,4-5,7-8,10-11,14,19,24H,3,6,9,12-13H2,(H,23,27). The van der Waals surface area contributed by atoms with Gasteiger partial charge in [0.25, 0.3) is 5.91 Å². The van der Waals surface area contributed by atoms with E-state index in [1.54, 1.807) is 18.6 Å². The number of benzene rings is 1. The van der Waals surface area contributed by atoms with E-state index in [0.29, 0.717) is 18.5 Å². The van der Waals surface area contributed by atoms with Crippen molar-refractivity contribution >= 4 is 22.7 Å². The van der Waals surface area contributed by atoms with Crippen molar-refractivity contribution in [2.45, 2.75) is 25.3 Å². The fourth-order valence-electron chi connectivity index (χ4n) is 3.78. The average molecular weight is 362 g/mol. The number of fused-ring (bicyclic) bond motifs is 1. The van der Waals surface area contributed by atoms with Crippen molar-refractivity contribution in [2.24, 2.45) is 0 Å². The van der Waals surface area contributed by atoms with Gasteiger partial charge in [-0.2, -0.15) is 0 Å². The van der Waals surface area contributed by atoms with E-state index < -0.39 is 0 Å². The van der Waals surface area contributed by atoms with E-state index in [1.165, 1.54) is 0 Å². The first-order valence-electron chi connectivity index (χ1n) is 9.28. The zero-order chi connectivity index (χ0) is 18.6. The number of pyridine rings is 1. The molecule has 3 heterocycles. The lowest BCUT2D eigenvalue weighted by atomic mass is 10.1. The van der Waals surface area contributed by atoms with Crippen molar-refractivity contribution in [2.75, 3.05) is 13.1 Å². The van der Waals surface area contributed by atoms with Crippen molar-refractivity contribution in [3.05, 3.63) is 66.1 Å². The van der Waals surface area contributed by atoms with E-state index in [2.05, 4.69) is 15.3 Å². The highest BCUT2D eigenvalue weighted by Crippen LogP contribution is 2.31. The largest absolute Gasteiger partial charge is 0.360 e. The number of para-hydroxylation sites is 1. The van der Waals surface area contributed by atoms with E-state index >= 15 is 0 Å². The Kier molecular flexibility index (Phi) is 4.87. The number of H-pyrrole nitrogens is 1. The van der Waals surface area contributed by atoms with Gasteiger partial charge >= 0.3 is 0 Å². The third kappa shape index (κ3) is 3.56. The predicted molar refractivity (Wildman–Crippen MR) is 103 cm³/mol. The third-order valence-corrected chi connectivity index (χ3v) is 5.12. The van der Waals surface area contributed by atoms with Crippen molar-refractivity contribution in [1.29, 1.82) is 0 Å². The number of hydrogen-bond donors (Lipinski definition) is 2. The number of hydrogen-bond acceptors (Lipinski definition) is 3. The van der Waals surface area contributed by atoms with Crippen LogP contribution >= 0.6 is 0 Å². The summed E-state index contributed by atoms with van der Waals surface area (Å²) >= 11 is 0. The molecule has 138 valence electrons. The number of aromatic nitrogens is 2. The Bertz CT molecular complexity index is 951. The van der Waals surface area contributed by atoms with Crippen LogP contribution in [0.2, 0.25) is 0 Å². The van der Waals surface area contributed by atoms with Gasteiger partial charge in [0.1, 0.15) is 0 Å². The number of nitrogens with zero attached hydrogens (tertiary/aromatic N) is 2. The smallest absolute Gasteiger partial charge is 0.253 e. The van der Waals surface area contributed by atoms with Gasteiger partial charge in [-0.15, -0.1) is 0 Å². The molecule has 0 saturated carbocycles. The SMILES string of the molecule is O=C(NCCC(=O)N1CCCC1c1ccncc1)c1c[nH]c2ccccc12. The first-order valence-corrected chi connectivity index (χ1v) is 9.28. The average Bonchev–Trinajstić information content (AvgIpc) is 3.36. The van der Waals surface area contributed by atoms with Crippen molar-refractivity contribution in [3.63, 3.8) is 0 Å². The molecule has 2 N–H and O–H groups in total. The van der Waals surface area contributed by atoms with Crippen LogP contribution in [0.4, 0.5) is 0 Å². The number of carbonyl (C=O) groups excluding carboxylic acids is 2. The van der Waals surface area contributed by atoms with E-state index in [9.17, 15) is 9.59 Å². The molecule has 1 atom stereocenters. The van der Waals surface area contributed by atoms with E-state index in [0.717, 1.165) is 35.9 Å². The lowest BCUT2D eigenvalue weighted by molar-refractivity contribution is -0.132. The van der Waals surface area contributed by atoms with E-state index in [-0.39, 0.29) is 17.9 Å². The van der Waals surface area contributed by atoms with Crippen LogP contribution in [-0.4, -0.2) is 39.8 Å². The summed E-state index contributed by atoms with van der Waals surface area (Å²) in [6.45, 7) is 1.10. The van der Waals surface area contributed by atoms with Crippen LogP contribution in [0.1, 0.15) is 41.2 Å². The summed E-state index contributed by atoms with van der Waals surface area (Å²) in [6, 6.07) is 11.7. The molecule has 6 nitrogen and oxygen atoms in total. The highest BCUT2D eigenvalue weighted by molar-refractivity contribution is 6.06. The molecule has 1 saturated heterocycles. The van der Waals surface area contributed by atoms with Crippen LogP contribution < -0.4 is 5.32 Å². The molecule has 0 aliphatic carbocycles. The third-order valence-electron chi connectivity index (χ3n) is 5.12. The first-order chi connectivity index (χ1) is 13.2. The molecule has 0 radical (unpaired) electrons. The van der Waals surface area contributed by atoms with Crippen molar-refractivity contribution < 1.29 is 9.59 Å². The van der Waals surface area contributed by atoms with Gasteiger partial charge in [0.05, 0.1) is 11.6 Å². The molecular weight excluding hydrogens is 340 g/mol. The maximum atomic E-state index is 12.7. The topological polar surface area (TPSA) is 78.1 Å². The number of likely N-dealkylation sites (tertiary alicyclic amines) is 1. The highest BCUT2D eigenvalue weighted by Gasteiger charge is 2.29. The fourth-order valence-corrected chi connectivity index (χ4v) is 3.78. The second kappa shape index (κ2) is 7.61. The predicted octanol–water partition coefficient (Wildman–Crippen LogP) is 3.05. The minimum absolute atomic E-state index is 0.0774. The Morgan fingerprint density at radius 1 is 1.19 bits per heavy atom. The number of carbonyl (C=O) groups is 2. The van der Waals surface area contributed by atoms with Gasteiger partial charge in [0.2, 0.25) is 5.91 Å². The minimum atomic E-state index is -0.160. The molecule has 1 aromatic carbocycles. The summed E-state index contributed by atoms with van der Waals surface area (Å²) in [6.07, 6.45) is 7.50. The van der Waals surface area contributed by atoms with Gasteiger partial charge in [-0.3, -0.25) is 14.6 Å². The maximum absolute atomic E-state index is 12.7. The van der Waals surface area contributed by atoms with E-state index in [4.69, 9.17) is 0 Å². The summed E-state index contributed by atoms with van der Waals surface area (Å²) in [7, 11) is 0. The number of rotatable bonds is 5. The Labute approximate surface area is 157 Å². The van der Waals surface area contributed by atoms with Crippen LogP contribution in [0.3, 0.4) is 0 Å². The molecule has 2 amide bonds. The van der Waals surface area contributed by atoms with Gasteiger partial charge < -0.3 is 15.2 Å². The maximum Gasteiger partial charge on any atom is 0.253 e. The van der Waals surface area contributed by atoms with Crippen molar-refractivity contribution in [1.82, 2.24) is 20.2 Å². The molecule has 0 spiro atoms.